The molecule has 2 fully saturated rings. The number of rotatable bonds is 4. The van der Waals surface area contributed by atoms with Crippen molar-refractivity contribution in [2.75, 3.05) is 46.9 Å². The Morgan fingerprint density at radius 2 is 2.26 bits per heavy atom. The first-order chi connectivity index (χ1) is 9.07. The molecule has 19 heavy (non-hydrogen) atoms. The molecule has 0 aliphatic carbocycles. The average molecular weight is 264 g/mol. The van der Waals surface area contributed by atoms with E-state index in [0.717, 1.165) is 50.9 Å². The van der Waals surface area contributed by atoms with Crippen LogP contribution in [0, 0.1) is 18.3 Å². The molecular formula is C15H24N2O2. The van der Waals surface area contributed by atoms with Gasteiger partial charge < -0.3 is 14.1 Å². The minimum Gasteiger partial charge on any atom is -0.465 e. The minimum absolute atomic E-state index is 0.325. The zero-order valence-electron chi connectivity index (χ0n) is 12.2. The number of ether oxygens (including phenoxy) is 1. The number of nitrogens with zero attached hydrogens (tertiary/aromatic N) is 2. The SMILES string of the molecule is Cc1ccc(CN2C[C@@H]3COC[C@]3(CN(C)C)C2)o1. The van der Waals surface area contributed by atoms with Gasteiger partial charge in [0.2, 0.25) is 0 Å². The van der Waals surface area contributed by atoms with E-state index in [9.17, 15) is 0 Å². The summed E-state index contributed by atoms with van der Waals surface area (Å²) in [5, 5.41) is 0. The van der Waals surface area contributed by atoms with Crippen LogP contribution in [-0.2, 0) is 11.3 Å². The molecule has 0 amide bonds. The van der Waals surface area contributed by atoms with Crippen LogP contribution >= 0.6 is 0 Å². The highest BCUT2D eigenvalue weighted by molar-refractivity contribution is 5.07. The largest absolute Gasteiger partial charge is 0.465 e. The second-order valence-electron chi connectivity index (χ2n) is 6.49. The molecule has 3 rings (SSSR count). The Morgan fingerprint density at radius 1 is 1.42 bits per heavy atom. The van der Waals surface area contributed by atoms with Crippen molar-refractivity contribution in [1.82, 2.24) is 9.80 Å². The fourth-order valence-corrected chi connectivity index (χ4v) is 3.71. The van der Waals surface area contributed by atoms with Gasteiger partial charge >= 0.3 is 0 Å². The van der Waals surface area contributed by atoms with Crippen molar-refractivity contribution in [3.05, 3.63) is 23.7 Å². The van der Waals surface area contributed by atoms with Crippen molar-refractivity contribution in [3.8, 4) is 0 Å². The highest BCUT2D eigenvalue weighted by Crippen LogP contribution is 2.42. The minimum atomic E-state index is 0.325. The van der Waals surface area contributed by atoms with Crippen LogP contribution in [0.25, 0.3) is 0 Å². The first-order valence-electron chi connectivity index (χ1n) is 7.08. The lowest BCUT2D eigenvalue weighted by Crippen LogP contribution is -2.40. The first kappa shape index (κ1) is 13.2. The van der Waals surface area contributed by atoms with Crippen LogP contribution in [0.15, 0.2) is 16.5 Å². The molecule has 2 atom stereocenters. The van der Waals surface area contributed by atoms with Gasteiger partial charge in [-0.05, 0) is 33.2 Å². The smallest absolute Gasteiger partial charge is 0.118 e. The normalized spacial score (nSPS) is 31.3. The predicted octanol–water partition coefficient (Wildman–Crippen LogP) is 1.60. The van der Waals surface area contributed by atoms with Crippen LogP contribution in [0.4, 0.5) is 0 Å². The Balaban J connectivity index is 1.68. The van der Waals surface area contributed by atoms with Gasteiger partial charge in [0.15, 0.2) is 0 Å². The second-order valence-corrected chi connectivity index (χ2v) is 6.49. The Labute approximate surface area is 115 Å². The highest BCUT2D eigenvalue weighted by atomic mass is 16.5. The third-order valence-corrected chi connectivity index (χ3v) is 4.40. The van der Waals surface area contributed by atoms with Crippen LogP contribution in [0.3, 0.4) is 0 Å². The van der Waals surface area contributed by atoms with Crippen LogP contribution in [0.1, 0.15) is 11.5 Å². The van der Waals surface area contributed by atoms with Gasteiger partial charge in [-0.2, -0.15) is 0 Å². The molecule has 1 aromatic rings. The van der Waals surface area contributed by atoms with Crippen molar-refractivity contribution >= 4 is 0 Å². The number of hydrogen-bond donors (Lipinski definition) is 0. The first-order valence-corrected chi connectivity index (χ1v) is 7.08. The van der Waals surface area contributed by atoms with Crippen LogP contribution in [0.5, 0.6) is 0 Å². The third-order valence-electron chi connectivity index (χ3n) is 4.40. The summed E-state index contributed by atoms with van der Waals surface area (Å²) in [5.41, 5.74) is 0.325. The summed E-state index contributed by atoms with van der Waals surface area (Å²) < 4.78 is 11.4. The van der Waals surface area contributed by atoms with E-state index in [4.69, 9.17) is 9.15 Å². The number of hydrogen-bond acceptors (Lipinski definition) is 4. The maximum atomic E-state index is 5.74. The number of furan rings is 1. The molecular weight excluding hydrogens is 240 g/mol. The molecule has 1 aromatic heterocycles. The molecule has 106 valence electrons. The van der Waals surface area contributed by atoms with Crippen LogP contribution < -0.4 is 0 Å². The van der Waals surface area contributed by atoms with Gasteiger partial charge in [-0.25, -0.2) is 0 Å². The fraction of sp³-hybridized carbons (Fsp3) is 0.733. The Kier molecular flexibility index (Phi) is 3.41. The molecule has 0 aromatic carbocycles. The molecule has 0 N–H and O–H groups in total. The van der Waals surface area contributed by atoms with Gasteiger partial charge in [0.25, 0.3) is 0 Å². The second kappa shape index (κ2) is 4.93. The molecule has 4 nitrogen and oxygen atoms in total. The summed E-state index contributed by atoms with van der Waals surface area (Å²) in [6, 6.07) is 4.14. The lowest BCUT2D eigenvalue weighted by atomic mass is 9.81. The summed E-state index contributed by atoms with van der Waals surface area (Å²) >= 11 is 0. The monoisotopic (exact) mass is 264 g/mol. The number of likely N-dealkylation sites (tertiary alicyclic amines) is 1. The van der Waals surface area contributed by atoms with Crippen LogP contribution in [0.2, 0.25) is 0 Å². The van der Waals surface area contributed by atoms with Gasteiger partial charge in [-0.1, -0.05) is 0 Å². The molecule has 2 saturated heterocycles. The van der Waals surface area contributed by atoms with Crippen molar-refractivity contribution < 1.29 is 9.15 Å². The topological polar surface area (TPSA) is 28.9 Å². The molecule has 0 unspecified atom stereocenters. The van der Waals surface area contributed by atoms with E-state index in [-0.39, 0.29) is 0 Å². The van der Waals surface area contributed by atoms with Crippen molar-refractivity contribution in [2.45, 2.75) is 13.5 Å². The lowest BCUT2D eigenvalue weighted by molar-refractivity contribution is 0.108. The lowest BCUT2D eigenvalue weighted by Gasteiger charge is -2.30. The summed E-state index contributed by atoms with van der Waals surface area (Å²) in [6.45, 7) is 8.13. The Bertz CT molecular complexity index is 443. The number of fused-ring (bicyclic) bond motifs is 1. The fourth-order valence-electron chi connectivity index (χ4n) is 3.71. The summed E-state index contributed by atoms with van der Waals surface area (Å²) in [4.78, 5) is 4.82. The zero-order valence-corrected chi connectivity index (χ0v) is 12.2. The Hall–Kier alpha value is -0.840. The maximum Gasteiger partial charge on any atom is 0.118 e. The summed E-state index contributed by atoms with van der Waals surface area (Å²) in [6.07, 6.45) is 0. The van der Waals surface area contributed by atoms with E-state index in [1.165, 1.54) is 0 Å². The van der Waals surface area contributed by atoms with Crippen molar-refractivity contribution in [2.24, 2.45) is 11.3 Å². The maximum absolute atomic E-state index is 5.74. The van der Waals surface area contributed by atoms with E-state index < -0.39 is 0 Å². The highest BCUT2D eigenvalue weighted by Gasteiger charge is 2.50. The number of aryl methyl sites for hydroxylation is 1. The molecule has 2 aliphatic rings. The standard InChI is InChI=1S/C15H24N2O2/c1-12-4-5-14(19-12)7-17-6-13-8-18-11-15(13,10-17)9-16(2)3/h4-5,13H,6-11H2,1-3H3/t13-,15+/m1/s1. The molecule has 0 spiro atoms. The summed E-state index contributed by atoms with van der Waals surface area (Å²) in [7, 11) is 4.31. The zero-order chi connectivity index (χ0) is 13.5. The Morgan fingerprint density at radius 3 is 2.95 bits per heavy atom. The van der Waals surface area contributed by atoms with E-state index >= 15 is 0 Å². The molecule has 2 aliphatic heterocycles. The van der Waals surface area contributed by atoms with E-state index in [1.807, 2.05) is 13.0 Å². The van der Waals surface area contributed by atoms with E-state index in [1.54, 1.807) is 0 Å². The predicted molar refractivity (Wildman–Crippen MR) is 74.0 cm³/mol. The molecule has 0 saturated carbocycles. The van der Waals surface area contributed by atoms with Gasteiger partial charge in [0.1, 0.15) is 11.5 Å². The van der Waals surface area contributed by atoms with Gasteiger partial charge in [0, 0.05) is 31.0 Å². The van der Waals surface area contributed by atoms with E-state index in [0.29, 0.717) is 11.3 Å². The third kappa shape index (κ3) is 2.57. The molecule has 3 heterocycles. The molecule has 4 heteroatoms. The van der Waals surface area contributed by atoms with Crippen LogP contribution in [-0.4, -0.2) is 56.7 Å². The van der Waals surface area contributed by atoms with Gasteiger partial charge in [0.05, 0.1) is 19.8 Å². The van der Waals surface area contributed by atoms with Crippen molar-refractivity contribution in [3.63, 3.8) is 0 Å². The average Bonchev–Trinajstić information content (AvgIpc) is 2.92. The van der Waals surface area contributed by atoms with Gasteiger partial charge in [-0.15, -0.1) is 0 Å². The molecule has 0 radical (unpaired) electrons. The van der Waals surface area contributed by atoms with E-state index in [2.05, 4.69) is 30.0 Å². The summed E-state index contributed by atoms with van der Waals surface area (Å²) in [5.74, 6) is 2.75. The quantitative estimate of drug-likeness (QED) is 0.826. The van der Waals surface area contributed by atoms with Crippen molar-refractivity contribution in [1.29, 1.82) is 0 Å². The molecule has 0 bridgehead atoms. The van der Waals surface area contributed by atoms with Gasteiger partial charge in [-0.3, -0.25) is 4.90 Å².